The van der Waals surface area contributed by atoms with Gasteiger partial charge in [-0.1, -0.05) is 26.0 Å². The standard InChI is InChI=1S/C23H26N4O2/c1-15-8-9-26-14-20(24-21(26)11-15)22(28)25-19-7-5-4-6-18(19)23(29)27-12-16(2)10-17(3)13-27/h4-9,11,14,16-17H,10,12-13H2,1-3H3,(H,25,28). The predicted molar refractivity (Wildman–Crippen MR) is 113 cm³/mol. The summed E-state index contributed by atoms with van der Waals surface area (Å²) in [6, 6.07) is 11.1. The molecule has 0 bridgehead atoms. The lowest BCUT2D eigenvalue weighted by atomic mass is 9.91. The van der Waals surface area contributed by atoms with Gasteiger partial charge in [-0.2, -0.15) is 0 Å². The summed E-state index contributed by atoms with van der Waals surface area (Å²) in [5.74, 6) is 0.591. The Morgan fingerprint density at radius 2 is 1.83 bits per heavy atom. The van der Waals surface area contributed by atoms with E-state index in [4.69, 9.17) is 0 Å². The number of amides is 2. The molecule has 3 aromatic rings. The van der Waals surface area contributed by atoms with E-state index < -0.39 is 0 Å². The maximum Gasteiger partial charge on any atom is 0.275 e. The highest BCUT2D eigenvalue weighted by molar-refractivity contribution is 6.08. The van der Waals surface area contributed by atoms with Crippen LogP contribution in [0.1, 0.15) is 46.7 Å². The van der Waals surface area contributed by atoms with Crippen LogP contribution in [0.4, 0.5) is 5.69 Å². The summed E-state index contributed by atoms with van der Waals surface area (Å²) in [6.07, 6.45) is 4.71. The zero-order valence-corrected chi connectivity index (χ0v) is 17.1. The van der Waals surface area contributed by atoms with E-state index in [2.05, 4.69) is 24.1 Å². The number of aromatic nitrogens is 2. The third-order valence-corrected chi connectivity index (χ3v) is 5.41. The highest BCUT2D eigenvalue weighted by atomic mass is 16.2. The topological polar surface area (TPSA) is 66.7 Å². The number of piperidine rings is 1. The molecular weight excluding hydrogens is 364 g/mol. The van der Waals surface area contributed by atoms with Crippen molar-refractivity contribution >= 4 is 23.1 Å². The minimum absolute atomic E-state index is 0.0371. The van der Waals surface area contributed by atoms with Crippen molar-refractivity contribution < 1.29 is 9.59 Å². The van der Waals surface area contributed by atoms with Crippen molar-refractivity contribution in [1.29, 1.82) is 0 Å². The van der Waals surface area contributed by atoms with Gasteiger partial charge in [0.1, 0.15) is 11.3 Å². The fraction of sp³-hybridized carbons (Fsp3) is 0.348. The Labute approximate surface area is 170 Å². The first-order chi connectivity index (χ1) is 13.9. The van der Waals surface area contributed by atoms with Crippen LogP contribution in [0.15, 0.2) is 48.8 Å². The normalized spacial score (nSPS) is 19.3. The Morgan fingerprint density at radius 1 is 1.10 bits per heavy atom. The van der Waals surface area contributed by atoms with Crippen molar-refractivity contribution in [3.63, 3.8) is 0 Å². The molecule has 0 spiro atoms. The Balaban J connectivity index is 1.57. The summed E-state index contributed by atoms with van der Waals surface area (Å²) in [6.45, 7) is 7.83. The van der Waals surface area contributed by atoms with E-state index in [1.807, 2.05) is 46.7 Å². The molecular formula is C23H26N4O2. The van der Waals surface area contributed by atoms with Gasteiger partial charge in [0.15, 0.2) is 0 Å². The first-order valence-corrected chi connectivity index (χ1v) is 10.1. The van der Waals surface area contributed by atoms with Crippen molar-refractivity contribution in [2.45, 2.75) is 27.2 Å². The van der Waals surface area contributed by atoms with E-state index in [0.29, 0.717) is 28.8 Å². The lowest BCUT2D eigenvalue weighted by Gasteiger charge is -2.35. The molecule has 1 fully saturated rings. The number of imidazole rings is 1. The molecule has 6 nitrogen and oxygen atoms in total. The van der Waals surface area contributed by atoms with E-state index in [9.17, 15) is 9.59 Å². The van der Waals surface area contributed by atoms with E-state index in [0.717, 1.165) is 30.7 Å². The molecule has 2 amide bonds. The van der Waals surface area contributed by atoms with Gasteiger partial charge in [0.25, 0.3) is 11.8 Å². The third kappa shape index (κ3) is 4.01. The van der Waals surface area contributed by atoms with Gasteiger partial charge in [0.2, 0.25) is 0 Å². The number of likely N-dealkylation sites (tertiary alicyclic amines) is 1. The maximum atomic E-state index is 13.2. The number of benzene rings is 1. The molecule has 2 unspecified atom stereocenters. The number of anilines is 1. The van der Waals surface area contributed by atoms with E-state index >= 15 is 0 Å². The van der Waals surface area contributed by atoms with E-state index in [1.165, 1.54) is 0 Å². The minimum atomic E-state index is -0.327. The van der Waals surface area contributed by atoms with Crippen molar-refractivity contribution in [3.8, 4) is 0 Å². The summed E-state index contributed by atoms with van der Waals surface area (Å²) < 4.78 is 1.81. The highest BCUT2D eigenvalue weighted by Gasteiger charge is 2.27. The van der Waals surface area contributed by atoms with Gasteiger partial charge < -0.3 is 14.6 Å². The Bertz CT molecular complexity index is 1060. The number of aryl methyl sites for hydroxylation is 1. The lowest BCUT2D eigenvalue weighted by Crippen LogP contribution is -2.42. The average Bonchev–Trinajstić information content (AvgIpc) is 3.10. The molecule has 2 atom stereocenters. The van der Waals surface area contributed by atoms with Crippen LogP contribution in [-0.4, -0.2) is 39.2 Å². The van der Waals surface area contributed by atoms with Crippen LogP contribution in [0.3, 0.4) is 0 Å². The summed E-state index contributed by atoms with van der Waals surface area (Å²) in [5.41, 5.74) is 3.15. The van der Waals surface area contributed by atoms with Crippen molar-refractivity contribution in [1.82, 2.24) is 14.3 Å². The fourth-order valence-electron chi connectivity index (χ4n) is 4.16. The first kappa shape index (κ1) is 19.2. The largest absolute Gasteiger partial charge is 0.338 e. The molecule has 0 radical (unpaired) electrons. The summed E-state index contributed by atoms with van der Waals surface area (Å²) in [5, 5.41) is 2.88. The Kier molecular flexibility index (Phi) is 5.09. The van der Waals surface area contributed by atoms with Gasteiger partial charge in [-0.3, -0.25) is 9.59 Å². The monoisotopic (exact) mass is 390 g/mol. The number of para-hydroxylation sites is 1. The van der Waals surface area contributed by atoms with Crippen LogP contribution in [0.2, 0.25) is 0 Å². The van der Waals surface area contributed by atoms with Gasteiger partial charge >= 0.3 is 0 Å². The number of rotatable bonds is 3. The molecule has 4 rings (SSSR count). The van der Waals surface area contributed by atoms with E-state index in [1.54, 1.807) is 18.3 Å². The van der Waals surface area contributed by atoms with Gasteiger partial charge in [-0.15, -0.1) is 0 Å². The van der Waals surface area contributed by atoms with Gasteiger partial charge in [-0.25, -0.2) is 4.98 Å². The molecule has 1 saturated heterocycles. The van der Waals surface area contributed by atoms with Crippen LogP contribution in [0.25, 0.3) is 5.65 Å². The van der Waals surface area contributed by atoms with Crippen molar-refractivity contribution in [2.75, 3.05) is 18.4 Å². The first-order valence-electron chi connectivity index (χ1n) is 10.1. The maximum absolute atomic E-state index is 13.2. The third-order valence-electron chi connectivity index (χ3n) is 5.41. The zero-order valence-electron chi connectivity index (χ0n) is 17.1. The summed E-state index contributed by atoms with van der Waals surface area (Å²) in [4.78, 5) is 32.3. The number of nitrogens with one attached hydrogen (secondary N) is 1. The van der Waals surface area contributed by atoms with Crippen molar-refractivity contribution in [3.05, 3.63) is 65.6 Å². The minimum Gasteiger partial charge on any atom is -0.338 e. The van der Waals surface area contributed by atoms with E-state index in [-0.39, 0.29) is 11.8 Å². The van der Waals surface area contributed by atoms with Crippen LogP contribution in [-0.2, 0) is 0 Å². The van der Waals surface area contributed by atoms with Gasteiger partial charge in [0.05, 0.1) is 11.3 Å². The molecule has 6 heteroatoms. The zero-order chi connectivity index (χ0) is 20.5. The molecule has 1 aliphatic heterocycles. The molecule has 150 valence electrons. The predicted octanol–water partition coefficient (Wildman–Crippen LogP) is 4.01. The fourth-order valence-corrected chi connectivity index (χ4v) is 4.16. The number of hydrogen-bond acceptors (Lipinski definition) is 3. The van der Waals surface area contributed by atoms with Gasteiger partial charge in [-0.05, 0) is 55.0 Å². The molecule has 1 aromatic carbocycles. The molecule has 0 saturated carbocycles. The SMILES string of the molecule is Cc1ccn2cc(C(=O)Nc3ccccc3C(=O)N3CC(C)CC(C)C3)nc2c1. The molecule has 3 heterocycles. The Morgan fingerprint density at radius 3 is 2.59 bits per heavy atom. The van der Waals surface area contributed by atoms with Gasteiger partial charge in [0, 0.05) is 25.5 Å². The van der Waals surface area contributed by atoms with Crippen LogP contribution in [0.5, 0.6) is 0 Å². The number of nitrogens with zero attached hydrogens (tertiary/aromatic N) is 3. The lowest BCUT2D eigenvalue weighted by molar-refractivity contribution is 0.0624. The molecule has 0 aliphatic carbocycles. The van der Waals surface area contributed by atoms with Crippen molar-refractivity contribution in [2.24, 2.45) is 11.8 Å². The van der Waals surface area contributed by atoms with Crippen LogP contribution < -0.4 is 5.32 Å². The number of fused-ring (bicyclic) bond motifs is 1. The molecule has 2 aromatic heterocycles. The number of carbonyl (C=O) groups is 2. The average molecular weight is 390 g/mol. The number of carbonyl (C=O) groups excluding carboxylic acids is 2. The molecule has 29 heavy (non-hydrogen) atoms. The summed E-state index contributed by atoms with van der Waals surface area (Å²) >= 11 is 0. The Hall–Kier alpha value is -3.15. The molecule has 1 aliphatic rings. The second kappa shape index (κ2) is 7.70. The smallest absolute Gasteiger partial charge is 0.275 e. The van der Waals surface area contributed by atoms with Crippen LogP contribution in [0, 0.1) is 18.8 Å². The number of pyridine rings is 1. The second-order valence-corrected chi connectivity index (χ2v) is 8.25. The molecule has 1 N–H and O–H groups in total. The quantitative estimate of drug-likeness (QED) is 0.735. The second-order valence-electron chi connectivity index (χ2n) is 8.25. The number of hydrogen-bond donors (Lipinski definition) is 1. The summed E-state index contributed by atoms with van der Waals surface area (Å²) in [7, 11) is 0. The highest BCUT2D eigenvalue weighted by Crippen LogP contribution is 2.25. The van der Waals surface area contributed by atoms with Crippen LogP contribution >= 0.6 is 0 Å².